The van der Waals surface area contributed by atoms with Gasteiger partial charge in [-0.05, 0) is 38.1 Å². The van der Waals surface area contributed by atoms with Gasteiger partial charge in [0.15, 0.2) is 11.6 Å². The maximum absolute atomic E-state index is 14.2. The van der Waals surface area contributed by atoms with Crippen molar-refractivity contribution in [2.75, 3.05) is 5.73 Å². The molecule has 1 atom stereocenters. The fourth-order valence-corrected chi connectivity index (χ4v) is 4.96. The Labute approximate surface area is 185 Å². The number of rotatable bonds is 1. The number of ether oxygens (including phenoxy) is 1. The van der Waals surface area contributed by atoms with Gasteiger partial charge in [-0.25, -0.2) is 19.0 Å². The van der Waals surface area contributed by atoms with Crippen molar-refractivity contribution in [2.24, 2.45) is 0 Å². The van der Waals surface area contributed by atoms with Gasteiger partial charge in [-0.2, -0.15) is 13.9 Å². The minimum Gasteiger partial charge on any atom is -0.482 e. The monoisotopic (exact) mass is 457 g/mol. The second-order valence-electron chi connectivity index (χ2n) is 7.52. The summed E-state index contributed by atoms with van der Waals surface area (Å²) < 4.78 is 48.4. The zero-order chi connectivity index (χ0) is 22.6. The molecule has 1 aliphatic rings. The topological polar surface area (TPSA) is 78.9 Å². The predicted molar refractivity (Wildman–Crippen MR) is 115 cm³/mol. The van der Waals surface area contributed by atoms with Crippen molar-refractivity contribution in [1.82, 2.24) is 19.7 Å². The van der Waals surface area contributed by atoms with Crippen molar-refractivity contribution in [3.8, 4) is 28.3 Å². The highest BCUT2D eigenvalue weighted by molar-refractivity contribution is 7.12. The van der Waals surface area contributed by atoms with Crippen LogP contribution in [0.5, 0.6) is 5.75 Å². The van der Waals surface area contributed by atoms with Gasteiger partial charge in [0.1, 0.15) is 11.9 Å². The Bertz CT molecular complexity index is 1330. The lowest BCUT2D eigenvalue weighted by atomic mass is 9.97. The van der Waals surface area contributed by atoms with E-state index in [1.165, 1.54) is 35.9 Å². The van der Waals surface area contributed by atoms with E-state index in [1.54, 1.807) is 19.1 Å². The van der Waals surface area contributed by atoms with E-state index >= 15 is 0 Å². The Morgan fingerprint density at radius 1 is 1.25 bits per heavy atom. The number of aromatic nitrogens is 4. The summed E-state index contributed by atoms with van der Waals surface area (Å²) in [4.78, 5) is 9.68. The lowest BCUT2D eigenvalue weighted by molar-refractivity contribution is 0.0584. The van der Waals surface area contributed by atoms with E-state index in [9.17, 15) is 13.2 Å². The fraction of sp³-hybridized carbons (Fsp3) is 0.227. The van der Waals surface area contributed by atoms with Crippen LogP contribution in [0.3, 0.4) is 0 Å². The van der Waals surface area contributed by atoms with Crippen molar-refractivity contribution < 1.29 is 17.9 Å². The summed E-state index contributed by atoms with van der Waals surface area (Å²) in [7, 11) is 0. The lowest BCUT2D eigenvalue weighted by Crippen LogP contribution is -2.10. The van der Waals surface area contributed by atoms with Crippen molar-refractivity contribution in [3.05, 3.63) is 63.5 Å². The highest BCUT2D eigenvalue weighted by atomic mass is 32.1. The summed E-state index contributed by atoms with van der Waals surface area (Å²) in [5.41, 5.74) is 9.22. The van der Waals surface area contributed by atoms with Gasteiger partial charge in [0.25, 0.3) is 0 Å². The minimum absolute atomic E-state index is 0.102. The summed E-state index contributed by atoms with van der Waals surface area (Å²) in [5, 5.41) is 4.72. The number of aryl methyl sites for hydroxylation is 1. The molecular formula is C22H18F3N5OS. The number of hydrogen-bond donors (Lipinski definition) is 1. The first kappa shape index (κ1) is 20.5. The largest absolute Gasteiger partial charge is 0.482 e. The first-order chi connectivity index (χ1) is 15.3. The molecule has 2 bridgehead atoms. The fourth-order valence-electron chi connectivity index (χ4n) is 3.98. The third-order valence-electron chi connectivity index (χ3n) is 5.38. The Morgan fingerprint density at radius 3 is 2.84 bits per heavy atom. The second-order valence-corrected chi connectivity index (χ2v) is 8.81. The summed E-state index contributed by atoms with van der Waals surface area (Å²) in [6, 6.07) is 6.01. The molecule has 0 fully saturated rings. The van der Waals surface area contributed by atoms with Crippen LogP contribution in [0, 0.1) is 12.7 Å². The van der Waals surface area contributed by atoms with Crippen LogP contribution in [0.25, 0.3) is 22.5 Å². The second kappa shape index (κ2) is 7.63. The number of anilines is 1. The maximum atomic E-state index is 14.2. The molecule has 164 valence electrons. The molecule has 0 saturated heterocycles. The molecule has 3 aromatic heterocycles. The average Bonchev–Trinajstić information content (AvgIpc) is 3.32. The van der Waals surface area contributed by atoms with Gasteiger partial charge in [0, 0.05) is 39.7 Å². The van der Waals surface area contributed by atoms with Gasteiger partial charge in [0.2, 0.25) is 0 Å². The van der Waals surface area contributed by atoms with E-state index in [0.717, 1.165) is 9.88 Å². The van der Waals surface area contributed by atoms with E-state index in [4.69, 9.17) is 10.5 Å². The number of fused-ring (bicyclic) bond motifs is 7. The van der Waals surface area contributed by atoms with Crippen LogP contribution in [-0.4, -0.2) is 19.7 Å². The van der Waals surface area contributed by atoms with Crippen molar-refractivity contribution in [2.45, 2.75) is 32.9 Å². The molecule has 5 rings (SSSR count). The molecule has 0 unspecified atom stereocenters. The molecule has 0 spiro atoms. The third kappa shape index (κ3) is 3.40. The van der Waals surface area contributed by atoms with Crippen LogP contribution in [0.15, 0.2) is 36.7 Å². The highest BCUT2D eigenvalue weighted by Gasteiger charge is 2.26. The summed E-state index contributed by atoms with van der Waals surface area (Å²) in [6.07, 6.45) is 2.57. The van der Waals surface area contributed by atoms with E-state index in [1.807, 2.05) is 6.92 Å². The molecule has 1 aliphatic heterocycles. The average molecular weight is 457 g/mol. The van der Waals surface area contributed by atoms with Gasteiger partial charge >= 0.3 is 6.55 Å². The maximum Gasteiger partial charge on any atom is 0.333 e. The normalized spacial score (nSPS) is 15.2. The van der Waals surface area contributed by atoms with Gasteiger partial charge in [-0.3, -0.25) is 0 Å². The Kier molecular flexibility index (Phi) is 4.89. The number of pyridine rings is 1. The molecule has 0 amide bonds. The number of nitrogens with two attached hydrogens (primary N) is 1. The van der Waals surface area contributed by atoms with Crippen LogP contribution in [0.1, 0.15) is 40.6 Å². The van der Waals surface area contributed by atoms with Crippen molar-refractivity contribution in [3.63, 3.8) is 0 Å². The number of nitrogens with zero attached hydrogens (tertiary/aromatic N) is 4. The van der Waals surface area contributed by atoms with Crippen LogP contribution in [0.4, 0.5) is 19.0 Å². The number of thiazole rings is 1. The number of halogens is 3. The van der Waals surface area contributed by atoms with Gasteiger partial charge in [-0.15, -0.1) is 11.3 Å². The molecule has 2 N–H and O–H groups in total. The van der Waals surface area contributed by atoms with E-state index < -0.39 is 18.5 Å². The molecule has 10 heteroatoms. The number of nitrogen functional groups attached to an aromatic ring is 1. The Morgan fingerprint density at radius 2 is 2.06 bits per heavy atom. The minimum atomic E-state index is -2.83. The molecule has 4 aromatic rings. The van der Waals surface area contributed by atoms with Gasteiger partial charge < -0.3 is 10.5 Å². The third-order valence-corrected chi connectivity index (χ3v) is 6.35. The summed E-state index contributed by atoms with van der Waals surface area (Å²) in [6.45, 7) is 0.804. The zero-order valence-corrected chi connectivity index (χ0v) is 18.0. The summed E-state index contributed by atoms with van der Waals surface area (Å²) in [5.74, 6) is -0.0842. The number of benzene rings is 1. The first-order valence-corrected chi connectivity index (χ1v) is 10.7. The quantitative estimate of drug-likeness (QED) is 0.406. The van der Waals surface area contributed by atoms with E-state index in [-0.39, 0.29) is 17.3 Å². The molecule has 0 radical (unpaired) electrons. The molecule has 32 heavy (non-hydrogen) atoms. The Hall–Kier alpha value is -3.40. The lowest BCUT2D eigenvalue weighted by Gasteiger charge is -2.21. The predicted octanol–water partition coefficient (Wildman–Crippen LogP) is 5.54. The van der Waals surface area contributed by atoms with E-state index in [0.29, 0.717) is 39.1 Å². The molecule has 0 saturated carbocycles. The SMILES string of the molecule is Cc1nc2c(s1)Cc1cnn(C(F)F)c1-c1cnc(N)c(c1)O[C@H](C)c1cc(F)ccc1-2. The van der Waals surface area contributed by atoms with Crippen molar-refractivity contribution in [1.29, 1.82) is 0 Å². The van der Waals surface area contributed by atoms with E-state index in [2.05, 4.69) is 15.1 Å². The Balaban J connectivity index is 1.81. The smallest absolute Gasteiger partial charge is 0.333 e. The van der Waals surface area contributed by atoms with Crippen molar-refractivity contribution >= 4 is 17.2 Å². The molecule has 0 aliphatic carbocycles. The van der Waals surface area contributed by atoms with Crippen LogP contribution in [0.2, 0.25) is 0 Å². The van der Waals surface area contributed by atoms with Crippen LogP contribution < -0.4 is 10.5 Å². The zero-order valence-electron chi connectivity index (χ0n) is 17.1. The molecule has 6 nitrogen and oxygen atoms in total. The van der Waals surface area contributed by atoms with Gasteiger partial charge in [0.05, 0.1) is 22.6 Å². The number of alkyl halides is 2. The van der Waals surface area contributed by atoms with Crippen LogP contribution in [-0.2, 0) is 6.42 Å². The highest BCUT2D eigenvalue weighted by Crippen LogP contribution is 2.40. The molecule has 4 heterocycles. The standard InChI is InChI=1S/C22H18F3N5OS/c1-10-16-7-14(23)3-4-15(16)19-18(32-11(2)29-19)6-13-9-28-30(22(24)25)20(13)12-5-17(31-10)21(26)27-8-12/h3-5,7-10,22H,6H2,1-2H3,(H2,26,27)/t10-/m1/s1. The number of hydrogen-bond acceptors (Lipinski definition) is 6. The summed E-state index contributed by atoms with van der Waals surface area (Å²) >= 11 is 1.46. The van der Waals surface area contributed by atoms with Gasteiger partial charge in [-0.1, -0.05) is 0 Å². The van der Waals surface area contributed by atoms with Crippen LogP contribution >= 0.6 is 11.3 Å². The first-order valence-electron chi connectivity index (χ1n) is 9.85. The molecule has 1 aromatic carbocycles. The molecular weight excluding hydrogens is 439 g/mol.